The second kappa shape index (κ2) is 5.22. The maximum Gasteiger partial charge on any atom is 0.410 e. The van der Waals surface area contributed by atoms with Crippen molar-refractivity contribution in [3.05, 3.63) is 34.6 Å². The summed E-state index contributed by atoms with van der Waals surface area (Å²) in [5.41, 5.74) is 0.366. The Labute approximate surface area is 121 Å². The van der Waals surface area contributed by atoms with Crippen molar-refractivity contribution in [2.24, 2.45) is 0 Å². The van der Waals surface area contributed by atoms with Gasteiger partial charge in [0.25, 0.3) is 0 Å². The summed E-state index contributed by atoms with van der Waals surface area (Å²) in [6.45, 7) is 2.64. The molecule has 0 unspecified atom stereocenters. The zero-order valence-corrected chi connectivity index (χ0v) is 11.8. The molecular formula is C14H16ClFN2O2. The number of amides is 1. The van der Waals surface area contributed by atoms with E-state index in [2.05, 4.69) is 5.32 Å². The fourth-order valence-corrected chi connectivity index (χ4v) is 3.04. The van der Waals surface area contributed by atoms with Crippen LogP contribution in [0.5, 0.6) is 0 Å². The first-order valence-electron chi connectivity index (χ1n) is 6.71. The predicted octanol–water partition coefficient (Wildman–Crippen LogP) is 2.55. The van der Waals surface area contributed by atoms with Crippen LogP contribution in [0.4, 0.5) is 9.18 Å². The second-order valence-electron chi connectivity index (χ2n) is 5.39. The first-order valence-corrected chi connectivity index (χ1v) is 7.08. The maximum atomic E-state index is 13.0. The van der Waals surface area contributed by atoms with Crippen LogP contribution in [-0.4, -0.2) is 36.2 Å². The van der Waals surface area contributed by atoms with Gasteiger partial charge < -0.3 is 10.1 Å². The minimum atomic E-state index is -0.377. The van der Waals surface area contributed by atoms with E-state index in [0.717, 1.165) is 31.5 Å². The van der Waals surface area contributed by atoms with Gasteiger partial charge in [0.1, 0.15) is 11.4 Å². The van der Waals surface area contributed by atoms with E-state index in [-0.39, 0.29) is 17.5 Å². The highest BCUT2D eigenvalue weighted by Gasteiger charge is 2.45. The van der Waals surface area contributed by atoms with E-state index in [1.54, 1.807) is 11.0 Å². The third kappa shape index (κ3) is 2.60. The summed E-state index contributed by atoms with van der Waals surface area (Å²) in [5, 5.41) is 3.60. The van der Waals surface area contributed by atoms with Gasteiger partial charge in [0, 0.05) is 17.9 Å². The lowest BCUT2D eigenvalue weighted by atomic mass is 9.92. The van der Waals surface area contributed by atoms with E-state index < -0.39 is 0 Å². The largest absolute Gasteiger partial charge is 0.441 e. The lowest BCUT2D eigenvalue weighted by Gasteiger charge is -2.31. The Balaban J connectivity index is 1.73. The van der Waals surface area contributed by atoms with Gasteiger partial charge in [0.15, 0.2) is 0 Å². The third-order valence-electron chi connectivity index (χ3n) is 3.93. The quantitative estimate of drug-likeness (QED) is 0.912. The number of piperidine rings is 1. The highest BCUT2D eigenvalue weighted by Crippen LogP contribution is 2.32. The van der Waals surface area contributed by atoms with Crippen LogP contribution in [0.25, 0.3) is 0 Å². The van der Waals surface area contributed by atoms with Crippen molar-refractivity contribution in [3.8, 4) is 0 Å². The fourth-order valence-electron chi connectivity index (χ4n) is 2.81. The van der Waals surface area contributed by atoms with Crippen LogP contribution in [0.1, 0.15) is 18.4 Å². The van der Waals surface area contributed by atoms with Gasteiger partial charge in [-0.2, -0.15) is 0 Å². The minimum Gasteiger partial charge on any atom is -0.441 e. The number of nitrogens with zero attached hydrogens (tertiary/aromatic N) is 1. The summed E-state index contributed by atoms with van der Waals surface area (Å²) in [7, 11) is 0. The standard InChI is InChI=1S/C14H16ClFN2O2/c15-12-7-11(16)2-1-10(12)8-18-9-14(20-13(18)19)3-5-17-6-4-14/h1-2,7,17H,3-6,8-9H2. The topological polar surface area (TPSA) is 41.6 Å². The number of carbonyl (C=O) groups excluding carboxylic acids is 1. The summed E-state index contributed by atoms with van der Waals surface area (Å²) < 4.78 is 18.6. The molecule has 0 aromatic heterocycles. The maximum absolute atomic E-state index is 13.0. The van der Waals surface area contributed by atoms with Crippen LogP contribution < -0.4 is 5.32 Å². The third-order valence-corrected chi connectivity index (χ3v) is 4.28. The molecule has 1 spiro atoms. The Morgan fingerprint density at radius 3 is 2.85 bits per heavy atom. The molecule has 0 atom stereocenters. The van der Waals surface area contributed by atoms with E-state index in [1.807, 2.05) is 0 Å². The molecule has 0 aliphatic carbocycles. The Morgan fingerprint density at radius 2 is 2.15 bits per heavy atom. The average Bonchev–Trinajstić information content (AvgIpc) is 2.70. The Kier molecular flexibility index (Phi) is 3.56. The number of carbonyl (C=O) groups is 1. The molecule has 0 radical (unpaired) electrons. The van der Waals surface area contributed by atoms with Crippen molar-refractivity contribution in [1.82, 2.24) is 10.2 Å². The van der Waals surface area contributed by atoms with E-state index in [4.69, 9.17) is 16.3 Å². The molecule has 108 valence electrons. The molecule has 6 heteroatoms. The number of benzene rings is 1. The van der Waals surface area contributed by atoms with Crippen LogP contribution in [0.2, 0.25) is 5.02 Å². The molecule has 1 amide bonds. The van der Waals surface area contributed by atoms with Gasteiger partial charge in [-0.3, -0.25) is 4.90 Å². The fraction of sp³-hybridized carbons (Fsp3) is 0.500. The van der Waals surface area contributed by atoms with E-state index in [0.29, 0.717) is 18.1 Å². The summed E-state index contributed by atoms with van der Waals surface area (Å²) in [4.78, 5) is 13.6. The molecule has 2 fully saturated rings. The monoisotopic (exact) mass is 298 g/mol. The zero-order chi connectivity index (χ0) is 14.2. The van der Waals surface area contributed by atoms with Gasteiger partial charge in [-0.25, -0.2) is 9.18 Å². The average molecular weight is 299 g/mol. The van der Waals surface area contributed by atoms with Gasteiger partial charge in [-0.15, -0.1) is 0 Å². The number of halogens is 2. The summed E-state index contributed by atoms with van der Waals surface area (Å²) >= 11 is 6.00. The SMILES string of the molecule is O=C1OC2(CCNCC2)CN1Cc1ccc(F)cc1Cl. The molecule has 1 aromatic rings. The summed E-state index contributed by atoms with van der Waals surface area (Å²) in [6.07, 6.45) is 1.34. The molecule has 0 bridgehead atoms. The zero-order valence-electron chi connectivity index (χ0n) is 11.0. The van der Waals surface area contributed by atoms with Crippen molar-refractivity contribution in [2.75, 3.05) is 19.6 Å². The highest BCUT2D eigenvalue weighted by molar-refractivity contribution is 6.31. The van der Waals surface area contributed by atoms with Crippen molar-refractivity contribution in [3.63, 3.8) is 0 Å². The van der Waals surface area contributed by atoms with Crippen LogP contribution in [0.3, 0.4) is 0 Å². The van der Waals surface area contributed by atoms with Crippen LogP contribution >= 0.6 is 11.6 Å². The van der Waals surface area contributed by atoms with E-state index in [9.17, 15) is 9.18 Å². The first kappa shape index (κ1) is 13.6. The molecule has 3 rings (SSSR count). The van der Waals surface area contributed by atoms with Gasteiger partial charge in [0.05, 0.1) is 13.1 Å². The number of ether oxygens (including phenoxy) is 1. The molecule has 4 nitrogen and oxygen atoms in total. The van der Waals surface area contributed by atoms with Crippen molar-refractivity contribution in [1.29, 1.82) is 0 Å². The predicted molar refractivity (Wildman–Crippen MR) is 73.1 cm³/mol. The molecule has 2 aliphatic heterocycles. The molecular weight excluding hydrogens is 283 g/mol. The molecule has 20 heavy (non-hydrogen) atoms. The molecule has 2 heterocycles. The number of nitrogens with one attached hydrogen (secondary N) is 1. The smallest absolute Gasteiger partial charge is 0.410 e. The lowest BCUT2D eigenvalue weighted by molar-refractivity contribution is 0.0316. The number of hydrogen-bond acceptors (Lipinski definition) is 3. The molecule has 0 saturated carbocycles. The number of hydrogen-bond donors (Lipinski definition) is 1. The normalized spacial score (nSPS) is 21.3. The minimum absolute atomic E-state index is 0.313. The molecule has 2 aliphatic rings. The van der Waals surface area contributed by atoms with Gasteiger partial charge in [0.2, 0.25) is 0 Å². The van der Waals surface area contributed by atoms with E-state index >= 15 is 0 Å². The Hall–Kier alpha value is -1.33. The van der Waals surface area contributed by atoms with Crippen LogP contribution in [-0.2, 0) is 11.3 Å². The van der Waals surface area contributed by atoms with Crippen molar-refractivity contribution in [2.45, 2.75) is 25.0 Å². The van der Waals surface area contributed by atoms with Crippen molar-refractivity contribution < 1.29 is 13.9 Å². The van der Waals surface area contributed by atoms with Crippen LogP contribution in [0.15, 0.2) is 18.2 Å². The lowest BCUT2D eigenvalue weighted by Crippen LogP contribution is -2.44. The Morgan fingerprint density at radius 1 is 1.40 bits per heavy atom. The van der Waals surface area contributed by atoms with Gasteiger partial charge in [-0.05, 0) is 30.8 Å². The van der Waals surface area contributed by atoms with Crippen LogP contribution in [0, 0.1) is 5.82 Å². The van der Waals surface area contributed by atoms with E-state index in [1.165, 1.54) is 12.1 Å². The summed E-state index contributed by atoms with van der Waals surface area (Å²) in [6, 6.07) is 4.22. The highest BCUT2D eigenvalue weighted by atomic mass is 35.5. The Bertz CT molecular complexity index is 532. The number of rotatable bonds is 2. The van der Waals surface area contributed by atoms with Crippen molar-refractivity contribution >= 4 is 17.7 Å². The molecule has 2 saturated heterocycles. The first-order chi connectivity index (χ1) is 9.58. The molecule has 1 aromatic carbocycles. The van der Waals surface area contributed by atoms with Gasteiger partial charge in [-0.1, -0.05) is 17.7 Å². The molecule has 1 N–H and O–H groups in total. The second-order valence-corrected chi connectivity index (χ2v) is 5.80. The summed E-state index contributed by atoms with van der Waals surface area (Å²) in [5.74, 6) is -0.377. The van der Waals surface area contributed by atoms with Gasteiger partial charge >= 0.3 is 6.09 Å².